The van der Waals surface area contributed by atoms with E-state index in [0.717, 1.165) is 0 Å². The maximum atomic E-state index is 11.9. The van der Waals surface area contributed by atoms with Gasteiger partial charge in [-0.3, -0.25) is 9.59 Å². The molecule has 6 nitrogen and oxygen atoms in total. The van der Waals surface area contributed by atoms with E-state index in [4.69, 9.17) is 10.5 Å². The molecule has 1 unspecified atom stereocenters. The highest BCUT2D eigenvalue weighted by Gasteiger charge is 2.23. The molecular weight excluding hydrogens is 270 g/mol. The van der Waals surface area contributed by atoms with Gasteiger partial charge in [-0.25, -0.2) is 0 Å². The number of carbonyl (C=O) groups is 2. The van der Waals surface area contributed by atoms with E-state index in [-0.39, 0.29) is 42.7 Å². The number of hydrogen-bond acceptors (Lipinski definition) is 4. The average molecular weight is 296 g/mol. The second-order valence-electron chi connectivity index (χ2n) is 4.81. The van der Waals surface area contributed by atoms with Crippen LogP contribution in [0.2, 0.25) is 0 Å². The molecule has 0 aromatic rings. The zero-order valence-corrected chi connectivity index (χ0v) is 12.9. The summed E-state index contributed by atoms with van der Waals surface area (Å²) in [5.74, 6) is -0.247. The molecule has 0 radical (unpaired) electrons. The Kier molecular flexibility index (Phi) is 11.9. The van der Waals surface area contributed by atoms with Gasteiger partial charge in [-0.1, -0.05) is 20.8 Å². The Morgan fingerprint density at radius 1 is 1.26 bits per heavy atom. The minimum atomic E-state index is -0.544. The van der Waals surface area contributed by atoms with Crippen molar-refractivity contribution in [1.82, 2.24) is 10.6 Å². The Morgan fingerprint density at radius 2 is 1.84 bits per heavy atom. The van der Waals surface area contributed by atoms with Crippen molar-refractivity contribution in [3.63, 3.8) is 0 Å². The Labute approximate surface area is 121 Å². The summed E-state index contributed by atoms with van der Waals surface area (Å²) in [5, 5.41) is 5.44. The van der Waals surface area contributed by atoms with Crippen molar-refractivity contribution in [3.05, 3.63) is 0 Å². The van der Waals surface area contributed by atoms with Gasteiger partial charge >= 0.3 is 0 Å². The van der Waals surface area contributed by atoms with Crippen LogP contribution in [0, 0.1) is 11.8 Å². The molecule has 0 spiro atoms. The van der Waals surface area contributed by atoms with Gasteiger partial charge in [0.25, 0.3) is 0 Å². The van der Waals surface area contributed by atoms with Crippen molar-refractivity contribution in [1.29, 1.82) is 0 Å². The normalized spacial score (nSPS) is 13.4. The SMILES string of the molecule is COCC(=O)N[C@H](C(=O)NCC(C)CN)C(C)C.Cl. The smallest absolute Gasteiger partial charge is 0.246 e. The molecule has 2 atom stereocenters. The van der Waals surface area contributed by atoms with Crippen molar-refractivity contribution in [2.45, 2.75) is 26.8 Å². The molecule has 0 bridgehead atoms. The molecule has 2 amide bonds. The Balaban J connectivity index is 0. The molecule has 19 heavy (non-hydrogen) atoms. The largest absolute Gasteiger partial charge is 0.375 e. The van der Waals surface area contributed by atoms with Crippen molar-refractivity contribution in [3.8, 4) is 0 Å². The molecule has 4 N–H and O–H groups in total. The van der Waals surface area contributed by atoms with Gasteiger partial charge in [-0.2, -0.15) is 0 Å². The van der Waals surface area contributed by atoms with Gasteiger partial charge in [-0.05, 0) is 18.4 Å². The van der Waals surface area contributed by atoms with E-state index in [0.29, 0.717) is 13.1 Å². The van der Waals surface area contributed by atoms with E-state index in [2.05, 4.69) is 10.6 Å². The highest BCUT2D eigenvalue weighted by atomic mass is 35.5. The van der Waals surface area contributed by atoms with Crippen LogP contribution in [0.15, 0.2) is 0 Å². The molecule has 0 fully saturated rings. The Hall–Kier alpha value is -0.850. The van der Waals surface area contributed by atoms with Crippen molar-refractivity contribution in [2.24, 2.45) is 17.6 Å². The van der Waals surface area contributed by atoms with Crippen molar-refractivity contribution in [2.75, 3.05) is 26.8 Å². The summed E-state index contributed by atoms with van der Waals surface area (Å²) in [7, 11) is 1.44. The minimum Gasteiger partial charge on any atom is -0.375 e. The van der Waals surface area contributed by atoms with Crippen LogP contribution in [-0.4, -0.2) is 44.7 Å². The van der Waals surface area contributed by atoms with Crippen LogP contribution in [-0.2, 0) is 14.3 Å². The molecule has 0 heterocycles. The van der Waals surface area contributed by atoms with Gasteiger partial charge in [0, 0.05) is 13.7 Å². The fourth-order valence-electron chi connectivity index (χ4n) is 1.35. The summed E-state index contributed by atoms with van der Waals surface area (Å²) in [6.07, 6.45) is 0. The summed E-state index contributed by atoms with van der Waals surface area (Å²) in [5.41, 5.74) is 5.48. The molecule has 0 saturated heterocycles. The Bertz CT molecular complexity index is 275. The zero-order chi connectivity index (χ0) is 14.1. The predicted molar refractivity (Wildman–Crippen MR) is 77.1 cm³/mol. The molecule has 0 aromatic heterocycles. The molecule has 0 aromatic carbocycles. The molecule has 0 aliphatic heterocycles. The number of nitrogens with two attached hydrogens (primary N) is 1. The number of hydrogen-bond donors (Lipinski definition) is 3. The third-order valence-electron chi connectivity index (χ3n) is 2.57. The van der Waals surface area contributed by atoms with Gasteiger partial charge in [0.1, 0.15) is 12.6 Å². The maximum absolute atomic E-state index is 11.9. The monoisotopic (exact) mass is 295 g/mol. The van der Waals surface area contributed by atoms with Gasteiger partial charge in [0.05, 0.1) is 0 Å². The molecular formula is C12H26ClN3O3. The lowest BCUT2D eigenvalue weighted by atomic mass is 10.0. The highest BCUT2D eigenvalue weighted by Crippen LogP contribution is 2.02. The molecule has 7 heteroatoms. The van der Waals surface area contributed by atoms with Crippen LogP contribution in [0.3, 0.4) is 0 Å². The van der Waals surface area contributed by atoms with Gasteiger partial charge < -0.3 is 21.1 Å². The quantitative estimate of drug-likeness (QED) is 0.583. The summed E-state index contributed by atoms with van der Waals surface area (Å²) in [6, 6.07) is -0.544. The van der Waals surface area contributed by atoms with Crippen LogP contribution in [0.1, 0.15) is 20.8 Å². The van der Waals surface area contributed by atoms with E-state index in [1.165, 1.54) is 7.11 Å². The van der Waals surface area contributed by atoms with Gasteiger partial charge in [-0.15, -0.1) is 12.4 Å². The standard InChI is InChI=1S/C12H25N3O3.ClH/c1-8(2)11(15-10(16)7-18-4)12(17)14-6-9(3)5-13;/h8-9,11H,5-7,13H2,1-4H3,(H,14,17)(H,15,16);1H/t9?,11-;/m0./s1. The van der Waals surface area contributed by atoms with E-state index < -0.39 is 6.04 Å². The van der Waals surface area contributed by atoms with E-state index in [9.17, 15) is 9.59 Å². The van der Waals surface area contributed by atoms with Crippen molar-refractivity contribution >= 4 is 24.2 Å². The van der Waals surface area contributed by atoms with E-state index in [1.54, 1.807) is 0 Å². The van der Waals surface area contributed by atoms with Crippen molar-refractivity contribution < 1.29 is 14.3 Å². The Morgan fingerprint density at radius 3 is 2.26 bits per heavy atom. The lowest BCUT2D eigenvalue weighted by Crippen LogP contribution is -2.51. The molecule has 0 saturated carbocycles. The fourth-order valence-corrected chi connectivity index (χ4v) is 1.35. The highest BCUT2D eigenvalue weighted by molar-refractivity contribution is 5.88. The van der Waals surface area contributed by atoms with E-state index >= 15 is 0 Å². The number of ether oxygens (including phenoxy) is 1. The first-order valence-corrected chi connectivity index (χ1v) is 6.18. The van der Waals surface area contributed by atoms with E-state index in [1.807, 2.05) is 20.8 Å². The molecule has 0 aliphatic rings. The topological polar surface area (TPSA) is 93.4 Å². The first kappa shape index (κ1) is 20.5. The number of nitrogens with one attached hydrogen (secondary N) is 2. The second kappa shape index (κ2) is 11.0. The number of methoxy groups -OCH3 is 1. The molecule has 0 aliphatic carbocycles. The average Bonchev–Trinajstić information content (AvgIpc) is 2.32. The first-order valence-electron chi connectivity index (χ1n) is 6.18. The number of amides is 2. The number of halogens is 1. The zero-order valence-electron chi connectivity index (χ0n) is 12.1. The van der Waals surface area contributed by atoms with Crippen LogP contribution in [0.4, 0.5) is 0 Å². The number of rotatable bonds is 8. The predicted octanol–water partition coefficient (Wildman–Crippen LogP) is -0.0936. The van der Waals surface area contributed by atoms with Gasteiger partial charge in [0.15, 0.2) is 0 Å². The fraction of sp³-hybridized carbons (Fsp3) is 0.833. The maximum Gasteiger partial charge on any atom is 0.246 e. The number of carbonyl (C=O) groups excluding carboxylic acids is 2. The van der Waals surface area contributed by atoms with Crippen LogP contribution in [0.5, 0.6) is 0 Å². The van der Waals surface area contributed by atoms with Crippen LogP contribution < -0.4 is 16.4 Å². The van der Waals surface area contributed by atoms with Crippen LogP contribution >= 0.6 is 12.4 Å². The second-order valence-corrected chi connectivity index (χ2v) is 4.81. The van der Waals surface area contributed by atoms with Crippen LogP contribution in [0.25, 0.3) is 0 Å². The molecule has 0 rings (SSSR count). The summed E-state index contributed by atoms with van der Waals surface area (Å²) >= 11 is 0. The third kappa shape index (κ3) is 8.80. The summed E-state index contributed by atoms with van der Waals surface area (Å²) < 4.78 is 4.72. The van der Waals surface area contributed by atoms with Gasteiger partial charge in [0.2, 0.25) is 11.8 Å². The molecule has 114 valence electrons. The minimum absolute atomic E-state index is 0. The summed E-state index contributed by atoms with van der Waals surface area (Å²) in [6.45, 7) is 6.69. The summed E-state index contributed by atoms with van der Waals surface area (Å²) in [4.78, 5) is 23.4. The lowest BCUT2D eigenvalue weighted by molar-refractivity contribution is -0.132. The third-order valence-corrected chi connectivity index (χ3v) is 2.57. The first-order chi connectivity index (χ1) is 8.42. The lowest BCUT2D eigenvalue weighted by Gasteiger charge is -2.22.